The molecule has 2 aliphatic heterocycles. The Morgan fingerprint density at radius 1 is 0.889 bits per heavy atom. The number of H-pyrrole nitrogens is 1. The summed E-state index contributed by atoms with van der Waals surface area (Å²) in [5.41, 5.74) is 3.24. The fourth-order valence-corrected chi connectivity index (χ4v) is 4.39. The molecule has 1 saturated heterocycles. The minimum Gasteiger partial charge on any atom is -0.496 e. The van der Waals surface area contributed by atoms with E-state index in [9.17, 15) is 9.59 Å². The Bertz CT molecular complexity index is 1490. The summed E-state index contributed by atoms with van der Waals surface area (Å²) in [6.45, 7) is 8.97. The van der Waals surface area contributed by atoms with Crippen LogP contribution in [0.2, 0.25) is 0 Å². The van der Waals surface area contributed by atoms with E-state index in [0.29, 0.717) is 22.6 Å². The third-order valence-electron chi connectivity index (χ3n) is 7.20. The van der Waals surface area contributed by atoms with Crippen molar-refractivity contribution in [1.29, 1.82) is 0 Å². The van der Waals surface area contributed by atoms with E-state index in [0.717, 1.165) is 27.6 Å². The molecule has 2 aliphatic rings. The Morgan fingerprint density at radius 3 is 1.91 bits per heavy atom. The maximum absolute atomic E-state index is 11.4. The Kier molecular flexibility index (Phi) is 13.6. The number of halogens is 1. The standard InChI is InChI=1S/C12H12N2O3.C10H16BNO2.C9H9BrO3.CH4/c1-16-11-5-8(12(15)17-2)3-4-10(11)9-6-13-14-7-9;1-9(2)10(3,4)14-11(13-9)8-5-6-12-7-8;1-12-8-5-6(9(11)13-2)3-4-7(8)10;/h3-7H,1-2H3,(H,13,14);5,7H,6H2,1-4H3;3-5H,1-2H3;1H4. The van der Waals surface area contributed by atoms with Gasteiger partial charge in [-0.1, -0.05) is 13.5 Å². The van der Waals surface area contributed by atoms with Crippen LogP contribution in [-0.4, -0.2) is 81.7 Å². The van der Waals surface area contributed by atoms with Crippen LogP contribution in [0.3, 0.4) is 0 Å². The van der Waals surface area contributed by atoms with Crippen LogP contribution < -0.4 is 9.47 Å². The molecule has 2 aromatic carbocycles. The summed E-state index contributed by atoms with van der Waals surface area (Å²) in [6, 6.07) is 10.2. The minimum atomic E-state index is -0.387. The van der Waals surface area contributed by atoms with Crippen molar-refractivity contribution in [2.75, 3.05) is 35.0 Å². The summed E-state index contributed by atoms with van der Waals surface area (Å²) in [7, 11) is 5.54. The molecule has 11 nitrogen and oxygen atoms in total. The molecule has 45 heavy (non-hydrogen) atoms. The predicted octanol–water partition coefficient (Wildman–Crippen LogP) is 6.38. The van der Waals surface area contributed by atoms with Crippen LogP contribution in [0.5, 0.6) is 11.5 Å². The number of carbonyl (C=O) groups excluding carboxylic acids is 2. The smallest absolute Gasteiger partial charge is 0.496 e. The summed E-state index contributed by atoms with van der Waals surface area (Å²) in [4.78, 5) is 26.6. The maximum atomic E-state index is 11.4. The van der Waals surface area contributed by atoms with Gasteiger partial charge in [0, 0.05) is 23.5 Å². The van der Waals surface area contributed by atoms with Gasteiger partial charge in [0.05, 0.1) is 68.0 Å². The van der Waals surface area contributed by atoms with Gasteiger partial charge >= 0.3 is 19.1 Å². The molecule has 0 unspecified atom stereocenters. The third-order valence-corrected chi connectivity index (χ3v) is 7.86. The molecule has 242 valence electrons. The van der Waals surface area contributed by atoms with Gasteiger partial charge in [-0.25, -0.2) is 9.59 Å². The highest BCUT2D eigenvalue weighted by Crippen LogP contribution is 2.38. The van der Waals surface area contributed by atoms with Crippen LogP contribution in [0.4, 0.5) is 0 Å². The molecule has 0 radical (unpaired) electrons. The number of hydrogen-bond donors (Lipinski definition) is 1. The van der Waals surface area contributed by atoms with Crippen molar-refractivity contribution >= 4 is 41.2 Å². The van der Waals surface area contributed by atoms with Crippen molar-refractivity contribution in [3.63, 3.8) is 0 Å². The van der Waals surface area contributed by atoms with E-state index in [2.05, 4.69) is 68.3 Å². The zero-order chi connectivity index (χ0) is 32.5. The van der Waals surface area contributed by atoms with Crippen LogP contribution in [0, 0.1) is 0 Å². The summed E-state index contributed by atoms with van der Waals surface area (Å²) >= 11 is 3.28. The number of aliphatic imine (C=N–C) groups is 1. The number of benzene rings is 2. The van der Waals surface area contributed by atoms with Gasteiger partial charge in [0.2, 0.25) is 0 Å². The maximum Gasteiger partial charge on any atom is 0.496 e. The fourth-order valence-electron chi connectivity index (χ4n) is 3.98. The van der Waals surface area contributed by atoms with E-state index in [1.807, 2.05) is 12.3 Å². The molecule has 0 saturated carbocycles. The lowest BCUT2D eigenvalue weighted by Gasteiger charge is -2.32. The summed E-state index contributed by atoms with van der Waals surface area (Å²) < 4.78 is 32.0. The molecule has 0 aliphatic carbocycles. The topological polar surface area (TPSA) is 131 Å². The largest absolute Gasteiger partial charge is 0.496 e. The number of ether oxygens (including phenoxy) is 4. The van der Waals surface area contributed by atoms with Crippen molar-refractivity contribution in [2.45, 2.75) is 46.3 Å². The Morgan fingerprint density at radius 2 is 1.44 bits per heavy atom. The zero-order valence-electron chi connectivity index (χ0n) is 26.1. The SMILES string of the molecule is C.CC1(C)OB(C2=CCN=C2)OC1(C)C.COC(=O)c1ccc(-c2cn[nH]c2)c(OC)c1.COC(=O)c1ccc(Br)c(OC)c1. The summed E-state index contributed by atoms with van der Waals surface area (Å²) in [5, 5.41) is 6.61. The average molecular weight is 686 g/mol. The van der Waals surface area contributed by atoms with Gasteiger partial charge in [-0.2, -0.15) is 5.10 Å². The molecular weight excluding hydrogens is 645 g/mol. The Balaban J connectivity index is 0.000000235. The van der Waals surface area contributed by atoms with Crippen molar-refractivity contribution in [1.82, 2.24) is 10.2 Å². The molecule has 3 heterocycles. The van der Waals surface area contributed by atoms with Crippen LogP contribution in [0.1, 0.15) is 55.8 Å². The average Bonchev–Trinajstić information content (AvgIpc) is 3.79. The first-order valence-electron chi connectivity index (χ1n) is 13.6. The van der Waals surface area contributed by atoms with Gasteiger partial charge in [0.15, 0.2) is 0 Å². The monoisotopic (exact) mass is 685 g/mol. The summed E-state index contributed by atoms with van der Waals surface area (Å²) in [6.07, 6.45) is 7.33. The van der Waals surface area contributed by atoms with Gasteiger partial charge in [-0.15, -0.1) is 0 Å². The molecule has 0 atom stereocenters. The number of aromatic amines is 1. The van der Waals surface area contributed by atoms with Crippen LogP contribution in [-0.2, 0) is 18.8 Å². The Labute approximate surface area is 273 Å². The third kappa shape index (κ3) is 9.29. The number of nitrogens with one attached hydrogen (secondary N) is 1. The first-order valence-corrected chi connectivity index (χ1v) is 14.4. The molecule has 1 fully saturated rings. The van der Waals surface area contributed by atoms with Crippen molar-refractivity contribution in [3.05, 3.63) is 75.9 Å². The van der Waals surface area contributed by atoms with Crippen molar-refractivity contribution < 1.29 is 37.8 Å². The van der Waals surface area contributed by atoms with Crippen LogP contribution in [0.25, 0.3) is 11.1 Å². The zero-order valence-corrected chi connectivity index (χ0v) is 27.7. The lowest BCUT2D eigenvalue weighted by Crippen LogP contribution is -2.41. The quantitative estimate of drug-likeness (QED) is 0.232. The predicted molar refractivity (Wildman–Crippen MR) is 178 cm³/mol. The Hall–Kier alpha value is -3.94. The first kappa shape index (κ1) is 37.3. The molecule has 0 bridgehead atoms. The van der Waals surface area contributed by atoms with E-state index in [1.54, 1.807) is 63.0 Å². The van der Waals surface area contributed by atoms with Crippen molar-refractivity contribution in [3.8, 4) is 22.6 Å². The second-order valence-corrected chi connectivity index (χ2v) is 11.4. The highest BCUT2D eigenvalue weighted by atomic mass is 79.9. The first-order chi connectivity index (χ1) is 20.9. The molecule has 0 amide bonds. The highest BCUT2D eigenvalue weighted by Gasteiger charge is 2.52. The number of rotatable bonds is 6. The highest BCUT2D eigenvalue weighted by molar-refractivity contribution is 9.10. The number of methoxy groups -OCH3 is 4. The lowest BCUT2D eigenvalue weighted by molar-refractivity contribution is 0.00578. The summed E-state index contributed by atoms with van der Waals surface area (Å²) in [5.74, 6) is 0.463. The van der Waals surface area contributed by atoms with Gasteiger partial charge in [-0.05, 0) is 85.5 Å². The molecule has 5 rings (SSSR count). The number of allylic oxidation sites excluding steroid dienone is 1. The number of aromatic nitrogens is 2. The normalized spacial score (nSPS) is 15.3. The number of esters is 2. The van der Waals surface area contributed by atoms with E-state index >= 15 is 0 Å². The van der Waals surface area contributed by atoms with Crippen LogP contribution >= 0.6 is 15.9 Å². The fraction of sp³-hybridized carbons (Fsp3) is 0.375. The van der Waals surface area contributed by atoms with Crippen molar-refractivity contribution in [2.24, 2.45) is 4.99 Å². The van der Waals surface area contributed by atoms with E-state index in [-0.39, 0.29) is 37.7 Å². The van der Waals surface area contributed by atoms with E-state index in [1.165, 1.54) is 14.2 Å². The molecule has 0 spiro atoms. The van der Waals surface area contributed by atoms with Gasteiger partial charge in [0.1, 0.15) is 11.5 Å². The number of carbonyl (C=O) groups is 2. The molecule has 3 aromatic rings. The molecule has 13 heteroatoms. The lowest BCUT2D eigenvalue weighted by atomic mass is 9.79. The molecule has 1 aromatic heterocycles. The molecular formula is C32H41BBrN3O8. The molecule has 1 N–H and O–H groups in total. The van der Waals surface area contributed by atoms with Gasteiger partial charge in [-0.3, -0.25) is 10.1 Å². The second kappa shape index (κ2) is 16.4. The number of hydrogen-bond acceptors (Lipinski definition) is 10. The van der Waals surface area contributed by atoms with E-state index < -0.39 is 0 Å². The van der Waals surface area contributed by atoms with Gasteiger partial charge in [0.25, 0.3) is 0 Å². The number of nitrogens with zero attached hydrogens (tertiary/aromatic N) is 2. The van der Waals surface area contributed by atoms with E-state index in [4.69, 9.17) is 18.8 Å². The van der Waals surface area contributed by atoms with Crippen LogP contribution in [0.15, 0.2) is 69.8 Å². The van der Waals surface area contributed by atoms with Gasteiger partial charge < -0.3 is 28.3 Å². The second-order valence-electron chi connectivity index (χ2n) is 10.5. The minimum absolute atomic E-state index is 0.